The van der Waals surface area contributed by atoms with Crippen molar-refractivity contribution in [3.05, 3.63) is 40.8 Å². The Morgan fingerprint density at radius 3 is 2.87 bits per heavy atom. The van der Waals surface area contributed by atoms with Gasteiger partial charge >= 0.3 is 0 Å². The zero-order chi connectivity index (χ0) is 10.4. The van der Waals surface area contributed by atoms with E-state index in [0.29, 0.717) is 0 Å². The van der Waals surface area contributed by atoms with Crippen molar-refractivity contribution >= 4 is 32.3 Å². The molecule has 3 aromatic rings. The highest BCUT2D eigenvalue weighted by molar-refractivity contribution is 9.10. The number of benzene rings is 1. The predicted molar refractivity (Wildman–Crippen MR) is 62.9 cm³/mol. The topological polar surface area (TPSA) is 30.2 Å². The first-order valence-electron chi connectivity index (χ1n) is 4.65. The maximum Gasteiger partial charge on any atom is 0.161 e. The third-order valence-corrected chi connectivity index (χ3v) is 2.99. The number of pyridine rings is 1. The second-order valence-corrected chi connectivity index (χ2v) is 4.44. The normalized spacial score (nSPS) is 11.3. The van der Waals surface area contributed by atoms with E-state index in [-0.39, 0.29) is 0 Å². The number of fused-ring (bicyclic) bond motifs is 2. The summed E-state index contributed by atoms with van der Waals surface area (Å²) in [6, 6.07) is 8.24. The molecule has 3 rings (SSSR count). The monoisotopic (exact) mass is 261 g/mol. The zero-order valence-corrected chi connectivity index (χ0v) is 9.69. The van der Waals surface area contributed by atoms with Gasteiger partial charge < -0.3 is 0 Å². The van der Waals surface area contributed by atoms with Crippen molar-refractivity contribution in [1.82, 2.24) is 14.6 Å². The van der Waals surface area contributed by atoms with Crippen LogP contribution in [-0.4, -0.2) is 14.6 Å². The first-order chi connectivity index (χ1) is 7.24. The van der Waals surface area contributed by atoms with E-state index in [1.807, 2.05) is 23.5 Å². The van der Waals surface area contributed by atoms with Crippen LogP contribution >= 0.6 is 15.9 Å². The minimum atomic E-state index is 0.887. The van der Waals surface area contributed by atoms with Gasteiger partial charge in [0.15, 0.2) is 5.65 Å². The molecular weight excluding hydrogens is 254 g/mol. The van der Waals surface area contributed by atoms with Gasteiger partial charge in [0.2, 0.25) is 0 Å². The van der Waals surface area contributed by atoms with Crippen LogP contribution in [0.1, 0.15) is 5.82 Å². The number of hydrogen-bond acceptors (Lipinski definition) is 2. The highest BCUT2D eigenvalue weighted by atomic mass is 79.9. The van der Waals surface area contributed by atoms with Crippen LogP contribution in [0.15, 0.2) is 34.9 Å². The quantitative estimate of drug-likeness (QED) is 0.623. The van der Waals surface area contributed by atoms with Crippen molar-refractivity contribution in [1.29, 1.82) is 0 Å². The molecule has 15 heavy (non-hydrogen) atoms. The maximum absolute atomic E-state index is 4.10. The van der Waals surface area contributed by atoms with Crippen LogP contribution in [0.5, 0.6) is 0 Å². The van der Waals surface area contributed by atoms with Gasteiger partial charge in [-0.3, -0.25) is 4.40 Å². The molecule has 0 N–H and O–H groups in total. The fourth-order valence-electron chi connectivity index (χ4n) is 1.71. The van der Waals surface area contributed by atoms with Crippen molar-refractivity contribution < 1.29 is 0 Å². The number of aryl methyl sites for hydroxylation is 1. The number of halogens is 1. The van der Waals surface area contributed by atoms with Crippen LogP contribution < -0.4 is 0 Å². The third-order valence-electron chi connectivity index (χ3n) is 2.49. The Labute approximate surface area is 94.9 Å². The summed E-state index contributed by atoms with van der Waals surface area (Å²) in [5.74, 6) is 0.912. The second-order valence-electron chi connectivity index (χ2n) is 3.52. The Morgan fingerprint density at radius 2 is 2.00 bits per heavy atom. The first-order valence-corrected chi connectivity index (χ1v) is 5.44. The summed E-state index contributed by atoms with van der Waals surface area (Å²) in [6.45, 7) is 1.95. The van der Waals surface area contributed by atoms with Gasteiger partial charge in [0.05, 0.1) is 0 Å². The number of nitrogens with zero attached hydrogens (tertiary/aromatic N) is 3. The smallest absolute Gasteiger partial charge is 0.161 e. The van der Waals surface area contributed by atoms with E-state index in [1.54, 1.807) is 0 Å². The van der Waals surface area contributed by atoms with Gasteiger partial charge in [-0.1, -0.05) is 22.0 Å². The Balaban J connectivity index is 2.49. The van der Waals surface area contributed by atoms with E-state index >= 15 is 0 Å². The Morgan fingerprint density at radius 1 is 1.13 bits per heavy atom. The van der Waals surface area contributed by atoms with Gasteiger partial charge in [0.1, 0.15) is 5.82 Å². The molecule has 4 heteroatoms. The van der Waals surface area contributed by atoms with E-state index in [4.69, 9.17) is 0 Å². The van der Waals surface area contributed by atoms with Crippen LogP contribution in [0.4, 0.5) is 0 Å². The molecule has 0 atom stereocenters. The molecule has 0 aliphatic heterocycles. The van der Waals surface area contributed by atoms with E-state index < -0.39 is 0 Å². The fraction of sp³-hybridized carbons (Fsp3) is 0.0909. The van der Waals surface area contributed by atoms with Crippen molar-refractivity contribution in [2.75, 3.05) is 0 Å². The molecule has 0 bridgehead atoms. The van der Waals surface area contributed by atoms with Crippen LogP contribution in [0.25, 0.3) is 16.4 Å². The van der Waals surface area contributed by atoms with E-state index in [9.17, 15) is 0 Å². The Bertz CT molecular complexity index is 657. The van der Waals surface area contributed by atoms with Gasteiger partial charge in [-0.15, -0.1) is 10.2 Å². The highest BCUT2D eigenvalue weighted by Gasteiger charge is 2.02. The number of aromatic nitrogens is 3. The molecule has 0 aliphatic rings. The summed E-state index contributed by atoms with van der Waals surface area (Å²) >= 11 is 3.46. The molecule has 0 aliphatic carbocycles. The lowest BCUT2D eigenvalue weighted by atomic mass is 10.2. The van der Waals surface area contributed by atoms with Crippen molar-refractivity contribution in [3.63, 3.8) is 0 Å². The molecule has 0 spiro atoms. The molecule has 1 aromatic carbocycles. The van der Waals surface area contributed by atoms with Crippen LogP contribution in [0.2, 0.25) is 0 Å². The van der Waals surface area contributed by atoms with Gasteiger partial charge in [-0.25, -0.2) is 0 Å². The average Bonchev–Trinajstić information content (AvgIpc) is 2.57. The summed E-state index contributed by atoms with van der Waals surface area (Å²) in [4.78, 5) is 0. The minimum absolute atomic E-state index is 0.887. The first kappa shape index (κ1) is 8.85. The second kappa shape index (κ2) is 3.03. The molecule has 74 valence electrons. The van der Waals surface area contributed by atoms with E-state index in [1.165, 1.54) is 10.8 Å². The summed E-state index contributed by atoms with van der Waals surface area (Å²) < 4.78 is 3.08. The highest BCUT2D eigenvalue weighted by Crippen LogP contribution is 2.21. The zero-order valence-electron chi connectivity index (χ0n) is 8.11. The number of rotatable bonds is 0. The lowest BCUT2D eigenvalue weighted by Crippen LogP contribution is -1.87. The lowest BCUT2D eigenvalue weighted by Gasteiger charge is -2.00. The van der Waals surface area contributed by atoms with Crippen molar-refractivity contribution in [3.8, 4) is 0 Å². The molecule has 3 nitrogen and oxygen atoms in total. The van der Waals surface area contributed by atoms with Gasteiger partial charge in [-0.2, -0.15) is 0 Å². The molecule has 0 radical (unpaired) electrons. The maximum atomic E-state index is 4.10. The Kier molecular flexibility index (Phi) is 1.79. The molecule has 0 saturated heterocycles. The number of hydrogen-bond donors (Lipinski definition) is 0. The predicted octanol–water partition coefficient (Wildman–Crippen LogP) is 2.95. The molecule has 2 aromatic heterocycles. The van der Waals surface area contributed by atoms with E-state index in [2.05, 4.69) is 44.5 Å². The molecular formula is C11H8BrN3. The van der Waals surface area contributed by atoms with Gasteiger partial charge in [0.25, 0.3) is 0 Å². The Hall–Kier alpha value is -1.42. The average molecular weight is 262 g/mol. The van der Waals surface area contributed by atoms with Crippen molar-refractivity contribution in [2.24, 2.45) is 0 Å². The van der Waals surface area contributed by atoms with Gasteiger partial charge in [-0.05, 0) is 35.9 Å². The standard InChI is InChI=1S/C11H8BrN3/c1-7-13-14-11-5-9-4-10(12)3-2-8(9)6-15(7)11/h2-6H,1H3. The third kappa shape index (κ3) is 1.33. The molecule has 0 saturated carbocycles. The summed E-state index contributed by atoms with van der Waals surface area (Å²) in [7, 11) is 0. The lowest BCUT2D eigenvalue weighted by molar-refractivity contribution is 1.01. The van der Waals surface area contributed by atoms with E-state index in [0.717, 1.165) is 15.9 Å². The largest absolute Gasteiger partial charge is 0.286 e. The fourth-order valence-corrected chi connectivity index (χ4v) is 2.09. The molecule has 0 fully saturated rings. The summed E-state index contributed by atoms with van der Waals surface area (Å²) in [6.07, 6.45) is 2.06. The SMILES string of the molecule is Cc1nnc2cc3cc(Br)ccc3cn12. The summed E-state index contributed by atoms with van der Waals surface area (Å²) in [5, 5.41) is 10.5. The molecule has 0 amide bonds. The molecule has 2 heterocycles. The minimum Gasteiger partial charge on any atom is -0.286 e. The van der Waals surface area contributed by atoms with Crippen molar-refractivity contribution in [2.45, 2.75) is 6.92 Å². The van der Waals surface area contributed by atoms with Crippen LogP contribution in [0, 0.1) is 6.92 Å². The molecule has 0 unspecified atom stereocenters. The summed E-state index contributed by atoms with van der Waals surface area (Å²) in [5.41, 5.74) is 0.887. The van der Waals surface area contributed by atoms with Crippen LogP contribution in [0.3, 0.4) is 0 Å². The van der Waals surface area contributed by atoms with Crippen LogP contribution in [-0.2, 0) is 0 Å². The van der Waals surface area contributed by atoms with Gasteiger partial charge in [0, 0.05) is 10.7 Å².